The number of ether oxygens (including phenoxy) is 3. The number of hydrogen-bond acceptors (Lipinski definition) is 9. The number of anilines is 2. The number of fused-ring (bicyclic) bond motifs is 1. The lowest BCUT2D eigenvalue weighted by Crippen LogP contribution is -2.47. The topological polar surface area (TPSA) is 121 Å². The smallest absolute Gasteiger partial charge is 0.323 e. The van der Waals surface area contributed by atoms with Crippen LogP contribution < -0.4 is 25.8 Å². The van der Waals surface area contributed by atoms with Crippen LogP contribution in [0.15, 0.2) is 36.7 Å². The number of nitrogens with one attached hydrogen (secondary N) is 2. The minimum Gasteiger partial charge on any atom is -0.493 e. The highest BCUT2D eigenvalue weighted by Crippen LogP contribution is 2.38. The number of carbonyl (C=O) groups excluding carboxylic acids is 1. The van der Waals surface area contributed by atoms with Gasteiger partial charge in [-0.05, 0) is 72.4 Å². The Morgan fingerprint density at radius 2 is 1.97 bits per heavy atom. The summed E-state index contributed by atoms with van der Waals surface area (Å²) in [7, 11) is 2.98. The molecule has 3 aromatic rings. The minimum absolute atomic E-state index is 0.0513. The predicted molar refractivity (Wildman–Crippen MR) is 148 cm³/mol. The second kappa shape index (κ2) is 12.7. The van der Waals surface area contributed by atoms with Crippen molar-refractivity contribution in [3.05, 3.63) is 46.0 Å². The van der Waals surface area contributed by atoms with Crippen LogP contribution in [0, 0.1) is 15.3 Å². The second-order valence-corrected chi connectivity index (χ2v) is 10.0. The van der Waals surface area contributed by atoms with Crippen molar-refractivity contribution in [1.82, 2.24) is 15.3 Å². The van der Waals surface area contributed by atoms with Crippen LogP contribution in [0.1, 0.15) is 25.7 Å². The van der Waals surface area contributed by atoms with Gasteiger partial charge in [0.25, 0.3) is 0 Å². The van der Waals surface area contributed by atoms with Crippen molar-refractivity contribution < 1.29 is 23.4 Å². The standard InChI is InChI=1S/C26H31FIN5O4/c1-35-21-13-20-17(25(32-14-31-20)33-19-5-3-4-18(28)23(19)27)12-22(21)37-16-8-6-15(7-9-16)24(26(34)36-2)30-11-10-29/h3-5,12-16,24,30H,6-11,29H2,1-2H3,(H,31,32,33)/t15?,16?,24-/m0/s1. The maximum Gasteiger partial charge on any atom is 0.323 e. The highest BCUT2D eigenvalue weighted by molar-refractivity contribution is 14.1. The van der Waals surface area contributed by atoms with Gasteiger partial charge >= 0.3 is 5.97 Å². The molecule has 1 aliphatic carbocycles. The van der Waals surface area contributed by atoms with Gasteiger partial charge in [0.1, 0.15) is 18.2 Å². The maximum atomic E-state index is 14.6. The van der Waals surface area contributed by atoms with Gasteiger partial charge in [0, 0.05) is 24.5 Å². The number of nitrogens with zero attached hydrogens (tertiary/aromatic N) is 2. The summed E-state index contributed by atoms with van der Waals surface area (Å²) in [5, 5.41) is 6.99. The Morgan fingerprint density at radius 3 is 2.68 bits per heavy atom. The van der Waals surface area contributed by atoms with E-state index < -0.39 is 0 Å². The number of esters is 1. The van der Waals surface area contributed by atoms with E-state index in [4.69, 9.17) is 19.9 Å². The molecule has 0 spiro atoms. The summed E-state index contributed by atoms with van der Waals surface area (Å²) in [6, 6.07) is 8.38. The van der Waals surface area contributed by atoms with E-state index in [9.17, 15) is 9.18 Å². The summed E-state index contributed by atoms with van der Waals surface area (Å²) >= 11 is 1.95. The third kappa shape index (κ3) is 6.39. The third-order valence-electron chi connectivity index (χ3n) is 6.57. The van der Waals surface area contributed by atoms with Crippen molar-refractivity contribution >= 4 is 51.0 Å². The second-order valence-electron chi connectivity index (χ2n) is 8.87. The molecule has 0 radical (unpaired) electrons. The van der Waals surface area contributed by atoms with E-state index in [1.54, 1.807) is 31.4 Å². The van der Waals surface area contributed by atoms with Crippen LogP contribution in [0.2, 0.25) is 0 Å². The average Bonchev–Trinajstić information content (AvgIpc) is 2.92. The Balaban J connectivity index is 1.53. The van der Waals surface area contributed by atoms with Crippen LogP contribution in [0.5, 0.6) is 11.5 Å². The zero-order valence-corrected chi connectivity index (χ0v) is 23.0. The molecule has 2 aromatic carbocycles. The van der Waals surface area contributed by atoms with Crippen molar-refractivity contribution in [2.24, 2.45) is 11.7 Å². The summed E-state index contributed by atoms with van der Waals surface area (Å²) in [6.45, 7) is 0.999. The van der Waals surface area contributed by atoms with Crippen LogP contribution in [0.4, 0.5) is 15.9 Å². The number of rotatable bonds is 10. The first kappa shape index (κ1) is 27.3. The fourth-order valence-corrected chi connectivity index (χ4v) is 5.17. The van der Waals surface area contributed by atoms with Gasteiger partial charge in [0.2, 0.25) is 0 Å². The first-order valence-electron chi connectivity index (χ1n) is 12.2. The Bertz CT molecular complexity index is 1240. The fraction of sp³-hybridized carbons (Fsp3) is 0.423. The van der Waals surface area contributed by atoms with Gasteiger partial charge in [-0.1, -0.05) is 6.07 Å². The molecule has 1 saturated carbocycles. The van der Waals surface area contributed by atoms with Crippen LogP contribution in [-0.2, 0) is 9.53 Å². The highest BCUT2D eigenvalue weighted by Gasteiger charge is 2.33. The molecule has 1 fully saturated rings. The first-order chi connectivity index (χ1) is 17.9. The van der Waals surface area contributed by atoms with Crippen LogP contribution >= 0.6 is 22.6 Å². The number of aromatic nitrogens is 2. The molecule has 0 unspecified atom stereocenters. The Labute approximate surface area is 228 Å². The molecular weight excluding hydrogens is 592 g/mol. The number of benzene rings is 2. The van der Waals surface area contributed by atoms with Gasteiger partial charge in [0.15, 0.2) is 17.3 Å². The third-order valence-corrected chi connectivity index (χ3v) is 7.41. The maximum absolute atomic E-state index is 14.6. The normalized spacial score (nSPS) is 18.3. The van der Waals surface area contributed by atoms with Gasteiger partial charge in [-0.25, -0.2) is 14.4 Å². The van der Waals surface area contributed by atoms with E-state index in [0.717, 1.165) is 25.7 Å². The van der Waals surface area contributed by atoms with E-state index >= 15 is 0 Å². The molecule has 1 atom stereocenters. The lowest BCUT2D eigenvalue weighted by atomic mass is 9.82. The molecule has 9 nitrogen and oxygen atoms in total. The quantitative estimate of drug-likeness (QED) is 0.226. The average molecular weight is 623 g/mol. The van der Waals surface area contributed by atoms with Gasteiger partial charge in [0.05, 0.1) is 35.1 Å². The van der Waals surface area contributed by atoms with E-state index in [1.807, 2.05) is 28.7 Å². The molecule has 37 heavy (non-hydrogen) atoms. The molecule has 198 valence electrons. The molecule has 0 aliphatic heterocycles. The van der Waals surface area contributed by atoms with Gasteiger partial charge in [-0.2, -0.15) is 0 Å². The van der Waals surface area contributed by atoms with Gasteiger partial charge < -0.3 is 30.6 Å². The van der Waals surface area contributed by atoms with Crippen LogP contribution in [0.3, 0.4) is 0 Å². The fourth-order valence-electron chi connectivity index (χ4n) is 4.67. The van der Waals surface area contributed by atoms with Crippen molar-refractivity contribution in [1.29, 1.82) is 0 Å². The molecule has 11 heteroatoms. The summed E-state index contributed by atoms with van der Waals surface area (Å²) in [4.78, 5) is 21.0. The molecule has 1 heterocycles. The minimum atomic E-state index is -0.378. The molecule has 1 aliphatic rings. The van der Waals surface area contributed by atoms with Crippen molar-refractivity contribution in [3.8, 4) is 11.5 Å². The molecular formula is C26H31FIN5O4. The number of halogens is 2. The zero-order valence-electron chi connectivity index (χ0n) is 20.8. The van der Waals surface area contributed by atoms with Gasteiger partial charge in [-0.15, -0.1) is 0 Å². The Morgan fingerprint density at radius 1 is 1.19 bits per heavy atom. The number of hydrogen-bond donors (Lipinski definition) is 3. The molecule has 0 bridgehead atoms. The molecule has 4 N–H and O–H groups in total. The summed E-state index contributed by atoms with van der Waals surface area (Å²) < 4.78 is 32.1. The summed E-state index contributed by atoms with van der Waals surface area (Å²) in [6.07, 6.45) is 4.53. The van der Waals surface area contributed by atoms with Gasteiger partial charge in [-0.3, -0.25) is 4.79 Å². The Kier molecular flexibility index (Phi) is 9.33. The van der Waals surface area contributed by atoms with Crippen LogP contribution in [0.25, 0.3) is 10.9 Å². The van der Waals surface area contributed by atoms with E-state index in [2.05, 4.69) is 20.6 Å². The highest BCUT2D eigenvalue weighted by atomic mass is 127. The number of carbonyl (C=O) groups is 1. The zero-order chi connectivity index (χ0) is 26.4. The predicted octanol–water partition coefficient (Wildman–Crippen LogP) is 4.15. The largest absolute Gasteiger partial charge is 0.493 e. The van der Waals surface area contributed by atoms with Crippen molar-refractivity contribution in [2.45, 2.75) is 37.8 Å². The SMILES string of the molecule is COC(=O)[C@@H](NCCN)C1CCC(Oc2cc3c(Nc4cccc(I)c4F)ncnc3cc2OC)CC1. The summed E-state index contributed by atoms with van der Waals surface area (Å²) in [5.74, 6) is 1.11. The van der Waals surface area contributed by atoms with Crippen molar-refractivity contribution in [2.75, 3.05) is 32.6 Å². The number of nitrogens with two attached hydrogens (primary N) is 1. The van der Waals surface area contributed by atoms with Crippen LogP contribution in [-0.4, -0.2) is 55.4 Å². The van der Waals surface area contributed by atoms with E-state index in [0.29, 0.717) is 50.6 Å². The first-order valence-corrected chi connectivity index (χ1v) is 13.2. The lowest BCUT2D eigenvalue weighted by Gasteiger charge is -2.33. The van der Waals surface area contributed by atoms with E-state index in [1.165, 1.54) is 13.4 Å². The monoisotopic (exact) mass is 623 g/mol. The number of methoxy groups -OCH3 is 2. The Hall–Kier alpha value is -2.77. The molecule has 1 aromatic heterocycles. The molecule has 4 rings (SSSR count). The lowest BCUT2D eigenvalue weighted by molar-refractivity contribution is -0.145. The van der Waals surface area contributed by atoms with Crippen molar-refractivity contribution in [3.63, 3.8) is 0 Å². The summed E-state index contributed by atoms with van der Waals surface area (Å²) in [5.41, 5.74) is 6.58. The van der Waals surface area contributed by atoms with E-state index in [-0.39, 0.29) is 29.9 Å². The molecule has 0 amide bonds. The molecule has 0 saturated heterocycles.